The lowest BCUT2D eigenvalue weighted by molar-refractivity contribution is -0.133. The zero-order chi connectivity index (χ0) is 23.4. The molecule has 1 aliphatic rings. The Hall–Kier alpha value is -3.61. The van der Waals surface area contributed by atoms with Crippen molar-refractivity contribution in [3.63, 3.8) is 0 Å². The van der Waals surface area contributed by atoms with Crippen LogP contribution >= 0.6 is 0 Å². The van der Waals surface area contributed by atoms with Gasteiger partial charge in [-0.05, 0) is 49.6 Å². The lowest BCUT2D eigenvalue weighted by atomic mass is 9.93. The predicted molar refractivity (Wildman–Crippen MR) is 127 cm³/mol. The van der Waals surface area contributed by atoms with Crippen LogP contribution in [0.25, 0.3) is 11.3 Å². The lowest BCUT2D eigenvalue weighted by Crippen LogP contribution is -2.40. The maximum atomic E-state index is 13.0. The van der Waals surface area contributed by atoms with E-state index in [1.165, 1.54) is 0 Å². The molecule has 0 radical (unpaired) electrons. The van der Waals surface area contributed by atoms with E-state index < -0.39 is 0 Å². The van der Waals surface area contributed by atoms with E-state index in [1.807, 2.05) is 66.4 Å². The maximum absolute atomic E-state index is 13.0. The molecule has 2 N–H and O–H groups in total. The van der Waals surface area contributed by atoms with Crippen LogP contribution in [-0.4, -0.2) is 53.9 Å². The van der Waals surface area contributed by atoms with Gasteiger partial charge >= 0.3 is 0 Å². The molecule has 33 heavy (non-hydrogen) atoms. The highest BCUT2D eigenvalue weighted by atomic mass is 16.5. The molecule has 1 fully saturated rings. The summed E-state index contributed by atoms with van der Waals surface area (Å²) in [5.41, 5.74) is 2.97. The van der Waals surface area contributed by atoms with Gasteiger partial charge in [-0.3, -0.25) is 9.59 Å². The monoisotopic (exact) mass is 446 g/mol. The number of rotatable bonds is 6. The van der Waals surface area contributed by atoms with E-state index in [0.29, 0.717) is 24.5 Å². The second-order valence-corrected chi connectivity index (χ2v) is 8.39. The highest BCUT2D eigenvalue weighted by molar-refractivity contribution is 5.98. The molecule has 0 bridgehead atoms. The number of amides is 2. The van der Waals surface area contributed by atoms with E-state index >= 15 is 0 Å². The number of aromatic amines is 1. The van der Waals surface area contributed by atoms with Crippen LogP contribution in [0, 0.1) is 0 Å². The number of hydrogen-bond acceptors (Lipinski definition) is 4. The lowest BCUT2D eigenvalue weighted by Gasteiger charge is -2.33. The van der Waals surface area contributed by atoms with Crippen molar-refractivity contribution in [2.75, 3.05) is 27.2 Å². The molecular formula is C26H30N4O3. The fraction of sp³-hybridized carbons (Fsp3) is 0.346. The zero-order valence-electron chi connectivity index (χ0n) is 19.3. The molecule has 7 heteroatoms. The highest BCUT2D eigenvalue weighted by Crippen LogP contribution is 2.32. The van der Waals surface area contributed by atoms with Crippen molar-refractivity contribution in [2.45, 2.75) is 31.6 Å². The Balaban J connectivity index is 1.49. The van der Waals surface area contributed by atoms with Crippen LogP contribution in [0.2, 0.25) is 0 Å². The molecule has 172 valence electrons. The number of carbonyl (C=O) groups is 2. The number of nitrogens with one attached hydrogen (secondary N) is 2. The third kappa shape index (κ3) is 4.77. The van der Waals surface area contributed by atoms with Crippen LogP contribution in [0.3, 0.4) is 0 Å². The van der Waals surface area contributed by atoms with E-state index in [9.17, 15) is 9.59 Å². The topological polar surface area (TPSA) is 87.3 Å². The maximum Gasteiger partial charge on any atom is 0.269 e. The van der Waals surface area contributed by atoms with Crippen LogP contribution in [0.1, 0.15) is 53.5 Å². The number of likely N-dealkylation sites (tertiary alicyclic amines) is 1. The molecule has 7 nitrogen and oxygen atoms in total. The number of benzene rings is 2. The molecule has 1 aromatic heterocycles. The number of methoxy groups -OCH3 is 1. The summed E-state index contributed by atoms with van der Waals surface area (Å²) in [5.74, 6) is 1.50. The van der Waals surface area contributed by atoms with Gasteiger partial charge in [0.15, 0.2) is 0 Å². The van der Waals surface area contributed by atoms with Gasteiger partial charge in [0.2, 0.25) is 5.91 Å². The van der Waals surface area contributed by atoms with Crippen molar-refractivity contribution in [2.24, 2.45) is 0 Å². The zero-order valence-corrected chi connectivity index (χ0v) is 19.3. The smallest absolute Gasteiger partial charge is 0.269 e. The van der Waals surface area contributed by atoms with Gasteiger partial charge < -0.3 is 19.9 Å². The molecule has 4 rings (SSSR count). The summed E-state index contributed by atoms with van der Waals surface area (Å²) in [6.07, 6.45) is 1.60. The first-order valence-electron chi connectivity index (χ1n) is 11.3. The minimum absolute atomic E-state index is 0.157. The molecule has 2 amide bonds. The van der Waals surface area contributed by atoms with Crippen LogP contribution in [0.5, 0.6) is 5.75 Å². The van der Waals surface area contributed by atoms with Gasteiger partial charge in [0, 0.05) is 31.6 Å². The van der Waals surface area contributed by atoms with Crippen molar-refractivity contribution < 1.29 is 14.3 Å². The van der Waals surface area contributed by atoms with Gasteiger partial charge in [-0.1, -0.05) is 30.3 Å². The van der Waals surface area contributed by atoms with Crippen molar-refractivity contribution in [1.29, 1.82) is 0 Å². The number of H-pyrrole nitrogens is 1. The number of ether oxygens (including phenoxy) is 1. The highest BCUT2D eigenvalue weighted by Gasteiger charge is 2.30. The first-order chi connectivity index (χ1) is 16.0. The summed E-state index contributed by atoms with van der Waals surface area (Å²) in [4.78, 5) is 35.6. The number of hydrogen-bond donors (Lipinski definition) is 2. The second-order valence-electron chi connectivity index (χ2n) is 8.39. The van der Waals surface area contributed by atoms with E-state index in [0.717, 1.165) is 35.5 Å². The largest absolute Gasteiger partial charge is 0.497 e. The summed E-state index contributed by atoms with van der Waals surface area (Å²) < 4.78 is 5.24. The van der Waals surface area contributed by atoms with Crippen molar-refractivity contribution in [3.8, 4) is 17.0 Å². The first kappa shape index (κ1) is 22.6. The Labute approximate surface area is 194 Å². The number of carbonyl (C=O) groups excluding carboxylic acids is 2. The van der Waals surface area contributed by atoms with E-state index in [1.54, 1.807) is 14.2 Å². The molecule has 1 atom stereocenters. The molecule has 1 saturated heterocycles. The molecule has 0 aliphatic carbocycles. The van der Waals surface area contributed by atoms with Crippen LogP contribution in [0.4, 0.5) is 0 Å². The number of imidazole rings is 1. The number of piperidine rings is 1. The summed E-state index contributed by atoms with van der Waals surface area (Å²) in [6, 6.07) is 17.4. The Morgan fingerprint density at radius 2 is 1.76 bits per heavy atom. The molecule has 1 unspecified atom stereocenters. The van der Waals surface area contributed by atoms with Crippen LogP contribution < -0.4 is 10.1 Å². The Morgan fingerprint density at radius 3 is 2.36 bits per heavy atom. The summed E-state index contributed by atoms with van der Waals surface area (Å²) in [5, 5.41) is 2.69. The summed E-state index contributed by atoms with van der Waals surface area (Å²) in [7, 11) is 3.23. The Kier molecular flexibility index (Phi) is 6.77. The molecule has 2 heterocycles. The Morgan fingerprint density at radius 1 is 1.09 bits per heavy atom. The summed E-state index contributed by atoms with van der Waals surface area (Å²) >= 11 is 0. The molecule has 0 saturated carbocycles. The standard InChI is InChI=1S/C26H30N4O3/c1-17(18-7-5-4-6-8-18)26(32)30-15-13-20(14-16-30)24-28-22(23(29-24)25(31)27-2)19-9-11-21(33-3)12-10-19/h4-12,17,20H,13-16H2,1-3H3,(H,27,31)(H,28,29). The van der Waals surface area contributed by atoms with E-state index in [2.05, 4.69) is 10.3 Å². The summed E-state index contributed by atoms with van der Waals surface area (Å²) in [6.45, 7) is 3.32. The average Bonchev–Trinajstić information content (AvgIpc) is 3.33. The molecule has 2 aromatic carbocycles. The number of aromatic nitrogens is 2. The van der Waals surface area contributed by atoms with Gasteiger partial charge in [-0.25, -0.2) is 4.98 Å². The molecule has 1 aliphatic heterocycles. The minimum Gasteiger partial charge on any atom is -0.497 e. The Bertz CT molecular complexity index is 1100. The van der Waals surface area contributed by atoms with Crippen LogP contribution in [0.15, 0.2) is 54.6 Å². The van der Waals surface area contributed by atoms with E-state index in [4.69, 9.17) is 9.72 Å². The third-order valence-electron chi connectivity index (χ3n) is 6.40. The van der Waals surface area contributed by atoms with Crippen molar-refractivity contribution >= 4 is 11.8 Å². The van der Waals surface area contributed by atoms with Crippen LogP contribution in [-0.2, 0) is 4.79 Å². The fourth-order valence-electron chi connectivity index (χ4n) is 4.36. The average molecular weight is 447 g/mol. The quantitative estimate of drug-likeness (QED) is 0.600. The normalized spacial score (nSPS) is 15.2. The predicted octanol–water partition coefficient (Wildman–Crippen LogP) is 3.95. The minimum atomic E-state index is -0.205. The molecular weight excluding hydrogens is 416 g/mol. The SMILES string of the molecule is CNC(=O)c1[nH]c(C2CCN(C(=O)C(C)c3ccccc3)CC2)nc1-c1ccc(OC)cc1. The van der Waals surface area contributed by atoms with Crippen molar-refractivity contribution in [3.05, 3.63) is 71.7 Å². The number of nitrogens with zero attached hydrogens (tertiary/aromatic N) is 2. The third-order valence-corrected chi connectivity index (χ3v) is 6.40. The second kappa shape index (κ2) is 9.90. The molecule has 0 spiro atoms. The van der Waals surface area contributed by atoms with Gasteiger partial charge in [0.25, 0.3) is 5.91 Å². The van der Waals surface area contributed by atoms with Gasteiger partial charge in [-0.15, -0.1) is 0 Å². The van der Waals surface area contributed by atoms with Crippen molar-refractivity contribution in [1.82, 2.24) is 20.2 Å². The first-order valence-corrected chi connectivity index (χ1v) is 11.3. The van der Waals surface area contributed by atoms with Gasteiger partial charge in [0.05, 0.1) is 13.0 Å². The van der Waals surface area contributed by atoms with Gasteiger partial charge in [-0.2, -0.15) is 0 Å². The van der Waals surface area contributed by atoms with E-state index in [-0.39, 0.29) is 23.7 Å². The molecule has 3 aromatic rings. The van der Waals surface area contributed by atoms with Gasteiger partial charge in [0.1, 0.15) is 23.0 Å². The fourth-order valence-corrected chi connectivity index (χ4v) is 4.36.